The van der Waals surface area contributed by atoms with Crippen LogP contribution >= 0.6 is 0 Å². The molecule has 7 nitrogen and oxygen atoms in total. The number of hydrogen-bond acceptors (Lipinski definition) is 6. The minimum Gasteiger partial charge on any atom is -0.393 e. The summed E-state index contributed by atoms with van der Waals surface area (Å²) in [7, 11) is 0. The Balaban J connectivity index is 1.47. The van der Waals surface area contributed by atoms with Crippen LogP contribution in [0.15, 0.2) is 30.5 Å². The predicted molar refractivity (Wildman–Crippen MR) is 113 cm³/mol. The summed E-state index contributed by atoms with van der Waals surface area (Å²) in [5.74, 6) is 1.69. The highest BCUT2D eigenvalue weighted by Crippen LogP contribution is 2.36. The van der Waals surface area contributed by atoms with Gasteiger partial charge >= 0.3 is 0 Å². The van der Waals surface area contributed by atoms with E-state index in [2.05, 4.69) is 15.6 Å². The first kappa shape index (κ1) is 18.3. The third-order valence-electron chi connectivity index (χ3n) is 6.77. The van der Waals surface area contributed by atoms with E-state index in [4.69, 9.17) is 19.8 Å². The Morgan fingerprint density at radius 3 is 2.43 bits per heavy atom. The predicted octanol–water partition coefficient (Wildman–Crippen LogP) is 3.14. The summed E-state index contributed by atoms with van der Waals surface area (Å²) >= 11 is 0. The zero-order valence-electron chi connectivity index (χ0n) is 16.9. The topological polar surface area (TPSA) is 76.3 Å². The third-order valence-corrected chi connectivity index (χ3v) is 6.77. The number of benzene rings is 1. The Labute approximate surface area is 175 Å². The molecular formula is C23H26N5O2. The molecule has 2 bridgehead atoms. The van der Waals surface area contributed by atoms with E-state index in [0.29, 0.717) is 12.2 Å². The number of aliphatic hydroxyl groups is 1. The molecular weight excluding hydrogens is 378 g/mol. The van der Waals surface area contributed by atoms with Crippen LogP contribution in [0.5, 0.6) is 0 Å². The summed E-state index contributed by atoms with van der Waals surface area (Å²) in [5.41, 5.74) is 1.88. The van der Waals surface area contributed by atoms with Crippen molar-refractivity contribution < 1.29 is 9.84 Å². The van der Waals surface area contributed by atoms with Gasteiger partial charge in [-0.1, -0.05) is 24.3 Å². The van der Waals surface area contributed by atoms with E-state index in [9.17, 15) is 5.11 Å². The fraction of sp³-hybridized carbons (Fsp3) is 0.522. The number of nitrogens with zero attached hydrogens (tertiary/aromatic N) is 5. The lowest BCUT2D eigenvalue weighted by Crippen LogP contribution is -2.43. The van der Waals surface area contributed by atoms with Gasteiger partial charge in [-0.25, -0.2) is 14.6 Å². The smallest absolute Gasteiger partial charge is 0.164 e. The van der Waals surface area contributed by atoms with Gasteiger partial charge in [0.2, 0.25) is 0 Å². The highest BCUT2D eigenvalue weighted by Gasteiger charge is 2.35. The molecule has 3 aliphatic rings. The maximum absolute atomic E-state index is 9.92. The van der Waals surface area contributed by atoms with Crippen LogP contribution in [0, 0.1) is 6.07 Å². The van der Waals surface area contributed by atoms with Gasteiger partial charge in [0.1, 0.15) is 5.82 Å². The van der Waals surface area contributed by atoms with Gasteiger partial charge in [0, 0.05) is 18.7 Å². The van der Waals surface area contributed by atoms with Gasteiger partial charge in [0.05, 0.1) is 35.9 Å². The fourth-order valence-electron chi connectivity index (χ4n) is 5.17. The summed E-state index contributed by atoms with van der Waals surface area (Å²) < 4.78 is 8.12. The molecule has 1 saturated carbocycles. The van der Waals surface area contributed by atoms with Crippen molar-refractivity contribution >= 4 is 16.9 Å². The van der Waals surface area contributed by atoms with E-state index in [1.54, 1.807) is 0 Å². The lowest BCUT2D eigenvalue weighted by atomic mass is 9.93. The summed E-state index contributed by atoms with van der Waals surface area (Å²) in [6.45, 7) is 1.73. The van der Waals surface area contributed by atoms with Crippen molar-refractivity contribution in [1.82, 2.24) is 19.7 Å². The standard InChI is InChI=1S/C23H26N5O2/c29-17-8-6-16(7-9-17)28-23-20(12-24-28)22(27-13-18-10-11-19(14-27)30-18)25-21(26-23)15-4-2-1-3-5-15/h2-5,12,16-19,29H,6-11,13-14H2. The molecule has 1 aliphatic carbocycles. The number of ether oxygens (including phenoxy) is 1. The molecule has 2 unspecified atom stereocenters. The van der Waals surface area contributed by atoms with E-state index in [-0.39, 0.29) is 12.1 Å². The van der Waals surface area contributed by atoms with Gasteiger partial charge in [-0.05, 0) is 44.6 Å². The van der Waals surface area contributed by atoms with Crippen molar-refractivity contribution in [1.29, 1.82) is 0 Å². The van der Waals surface area contributed by atoms with E-state index in [1.807, 2.05) is 30.5 Å². The van der Waals surface area contributed by atoms with Gasteiger partial charge in [0.25, 0.3) is 0 Å². The van der Waals surface area contributed by atoms with Gasteiger partial charge in [-0.2, -0.15) is 5.10 Å². The van der Waals surface area contributed by atoms with Crippen LogP contribution in [0.25, 0.3) is 22.4 Å². The lowest BCUT2D eigenvalue weighted by Gasteiger charge is -2.33. The molecule has 1 aromatic carbocycles. The SMILES string of the molecule is OC1CCC(n2ncc3c(N4CC5CCC(C4)O5)nc(-c4cc[c]cc4)nc32)CC1. The summed E-state index contributed by atoms with van der Waals surface area (Å²) in [6, 6.07) is 11.2. The first-order chi connectivity index (χ1) is 14.7. The Morgan fingerprint density at radius 1 is 0.967 bits per heavy atom. The Morgan fingerprint density at radius 2 is 1.70 bits per heavy atom. The van der Waals surface area contributed by atoms with Crippen LogP contribution in [0.2, 0.25) is 0 Å². The summed E-state index contributed by atoms with van der Waals surface area (Å²) in [4.78, 5) is 12.3. The number of anilines is 1. The van der Waals surface area contributed by atoms with Crippen molar-refractivity contribution in [2.24, 2.45) is 0 Å². The number of fused-ring (bicyclic) bond motifs is 3. The second-order valence-corrected chi connectivity index (χ2v) is 8.81. The zero-order valence-corrected chi connectivity index (χ0v) is 16.9. The number of hydrogen-bond donors (Lipinski definition) is 1. The van der Waals surface area contributed by atoms with Gasteiger partial charge in [0.15, 0.2) is 11.5 Å². The Kier molecular flexibility index (Phi) is 4.46. The second-order valence-electron chi connectivity index (χ2n) is 8.81. The maximum atomic E-state index is 9.92. The van der Waals surface area contributed by atoms with Gasteiger partial charge in [-0.3, -0.25) is 0 Å². The van der Waals surface area contributed by atoms with E-state index < -0.39 is 0 Å². The van der Waals surface area contributed by atoms with Crippen LogP contribution < -0.4 is 4.90 Å². The molecule has 1 radical (unpaired) electrons. The molecule has 4 heterocycles. The molecule has 7 heteroatoms. The van der Waals surface area contributed by atoms with E-state index in [0.717, 1.165) is 79.9 Å². The summed E-state index contributed by atoms with van der Waals surface area (Å²) in [5, 5.41) is 15.7. The van der Waals surface area contributed by atoms with Crippen molar-refractivity contribution in [2.75, 3.05) is 18.0 Å². The van der Waals surface area contributed by atoms with Crippen LogP contribution in [0.3, 0.4) is 0 Å². The molecule has 155 valence electrons. The highest BCUT2D eigenvalue weighted by molar-refractivity contribution is 5.89. The first-order valence-corrected chi connectivity index (χ1v) is 11.0. The molecule has 0 amide bonds. The van der Waals surface area contributed by atoms with Gasteiger partial charge in [-0.15, -0.1) is 0 Å². The average Bonchev–Trinajstić information content (AvgIpc) is 3.36. The summed E-state index contributed by atoms with van der Waals surface area (Å²) in [6.07, 6.45) is 8.06. The minimum absolute atomic E-state index is 0.187. The largest absolute Gasteiger partial charge is 0.393 e. The number of morpholine rings is 1. The van der Waals surface area contributed by atoms with Gasteiger partial charge < -0.3 is 14.7 Å². The van der Waals surface area contributed by atoms with Crippen molar-refractivity contribution in [2.45, 2.75) is 62.9 Å². The molecule has 6 rings (SSSR count). The van der Waals surface area contributed by atoms with E-state index >= 15 is 0 Å². The van der Waals surface area contributed by atoms with Crippen LogP contribution in [0.4, 0.5) is 5.82 Å². The average molecular weight is 404 g/mol. The van der Waals surface area contributed by atoms with Crippen LogP contribution in [-0.4, -0.2) is 56.3 Å². The van der Waals surface area contributed by atoms with Crippen molar-refractivity contribution in [3.05, 3.63) is 36.5 Å². The molecule has 2 saturated heterocycles. The number of aliphatic hydroxyl groups excluding tert-OH is 1. The molecule has 0 spiro atoms. The molecule has 2 aliphatic heterocycles. The highest BCUT2D eigenvalue weighted by atomic mass is 16.5. The molecule has 3 fully saturated rings. The maximum Gasteiger partial charge on any atom is 0.164 e. The Bertz CT molecular complexity index is 1030. The number of aromatic nitrogens is 4. The number of rotatable bonds is 3. The molecule has 2 aromatic heterocycles. The minimum atomic E-state index is -0.187. The fourth-order valence-corrected chi connectivity index (χ4v) is 5.17. The molecule has 3 aromatic rings. The Hall–Kier alpha value is -2.51. The first-order valence-electron chi connectivity index (χ1n) is 11.0. The third kappa shape index (κ3) is 3.17. The lowest BCUT2D eigenvalue weighted by molar-refractivity contribution is 0.0303. The second kappa shape index (κ2) is 7.32. The van der Waals surface area contributed by atoms with Crippen molar-refractivity contribution in [3.63, 3.8) is 0 Å². The normalized spacial score (nSPS) is 28.9. The molecule has 2 atom stereocenters. The van der Waals surface area contributed by atoms with Crippen molar-refractivity contribution in [3.8, 4) is 11.4 Å². The zero-order chi connectivity index (χ0) is 20.1. The van der Waals surface area contributed by atoms with Crippen LogP contribution in [-0.2, 0) is 4.74 Å². The van der Waals surface area contributed by atoms with E-state index in [1.165, 1.54) is 0 Å². The van der Waals surface area contributed by atoms with Crippen LogP contribution in [0.1, 0.15) is 44.6 Å². The molecule has 1 N–H and O–H groups in total. The monoisotopic (exact) mass is 404 g/mol. The molecule has 30 heavy (non-hydrogen) atoms. The quantitative estimate of drug-likeness (QED) is 0.723.